The number of rotatable bonds is 8. The molecule has 0 saturated heterocycles. The van der Waals surface area contributed by atoms with Crippen LogP contribution in [0.15, 0.2) is 60.8 Å². The molecule has 8 nitrogen and oxygen atoms in total. The summed E-state index contributed by atoms with van der Waals surface area (Å²) in [5, 5.41) is 5.24. The van der Waals surface area contributed by atoms with Crippen LogP contribution in [0.4, 0.5) is 30.4 Å². The Kier molecular flexibility index (Phi) is 7.57. The van der Waals surface area contributed by atoms with E-state index in [0.717, 1.165) is 12.1 Å². The van der Waals surface area contributed by atoms with E-state index in [9.17, 15) is 22.8 Å². The largest absolute Gasteiger partial charge is 0.497 e. The molecule has 3 rings (SSSR count). The summed E-state index contributed by atoms with van der Waals surface area (Å²) in [5.41, 5.74) is -0.532. The molecule has 0 fully saturated rings. The molecule has 1 heterocycles. The Morgan fingerprint density at radius 3 is 2.50 bits per heavy atom. The maximum absolute atomic E-state index is 13.0. The van der Waals surface area contributed by atoms with Gasteiger partial charge in [-0.05, 0) is 42.5 Å². The highest BCUT2D eigenvalue weighted by Gasteiger charge is 2.30. The van der Waals surface area contributed by atoms with Gasteiger partial charge < -0.3 is 24.8 Å². The molecule has 1 aromatic heterocycles. The summed E-state index contributed by atoms with van der Waals surface area (Å²) < 4.78 is 54.3. The molecule has 2 N–H and O–H groups in total. The summed E-state index contributed by atoms with van der Waals surface area (Å²) in [6, 6.07) is 12.0. The zero-order valence-corrected chi connectivity index (χ0v) is 18.1. The molecule has 3 aromatic rings. The van der Waals surface area contributed by atoms with E-state index in [1.165, 1.54) is 50.7 Å². The lowest BCUT2D eigenvalue weighted by Gasteiger charge is -2.13. The Morgan fingerprint density at radius 1 is 1.00 bits per heavy atom. The molecular weight excluding hydrogens is 455 g/mol. The van der Waals surface area contributed by atoms with E-state index in [2.05, 4.69) is 15.6 Å². The van der Waals surface area contributed by atoms with Crippen LogP contribution in [0.2, 0.25) is 0 Å². The smallest absolute Gasteiger partial charge is 0.416 e. The van der Waals surface area contributed by atoms with Gasteiger partial charge in [-0.25, -0.2) is 9.78 Å². The summed E-state index contributed by atoms with van der Waals surface area (Å²) >= 11 is 0. The Morgan fingerprint density at radius 2 is 1.79 bits per heavy atom. The van der Waals surface area contributed by atoms with E-state index >= 15 is 0 Å². The average molecular weight is 475 g/mol. The number of aromatic nitrogens is 1. The van der Waals surface area contributed by atoms with Gasteiger partial charge in [0.2, 0.25) is 0 Å². The Hall–Kier alpha value is -4.28. The molecular formula is C23H20F3N3O5. The number of amides is 1. The molecule has 0 spiro atoms. The molecule has 0 radical (unpaired) electrons. The first-order chi connectivity index (χ1) is 16.2. The Bertz CT molecular complexity index is 1180. The second kappa shape index (κ2) is 10.6. The van der Waals surface area contributed by atoms with E-state index < -0.39 is 30.2 Å². The topological polar surface area (TPSA) is 98.8 Å². The van der Waals surface area contributed by atoms with Crippen molar-refractivity contribution in [3.63, 3.8) is 0 Å². The van der Waals surface area contributed by atoms with Crippen LogP contribution < -0.4 is 20.1 Å². The Labute approximate surface area is 192 Å². The molecule has 0 aliphatic heterocycles. The van der Waals surface area contributed by atoms with Crippen LogP contribution in [0, 0.1) is 0 Å². The van der Waals surface area contributed by atoms with Crippen molar-refractivity contribution in [1.82, 2.24) is 4.98 Å². The second-order valence-corrected chi connectivity index (χ2v) is 6.79. The molecule has 0 aliphatic carbocycles. The van der Waals surface area contributed by atoms with Crippen molar-refractivity contribution < 1.29 is 37.0 Å². The van der Waals surface area contributed by atoms with Gasteiger partial charge in [-0.15, -0.1) is 0 Å². The Balaban J connectivity index is 1.68. The summed E-state index contributed by atoms with van der Waals surface area (Å²) in [7, 11) is 2.90. The number of nitrogens with zero attached hydrogens (tertiary/aromatic N) is 1. The maximum atomic E-state index is 13.0. The number of benzene rings is 2. The van der Waals surface area contributed by atoms with Gasteiger partial charge in [0.05, 0.1) is 25.5 Å². The summed E-state index contributed by atoms with van der Waals surface area (Å²) in [6.07, 6.45) is -3.17. The molecule has 11 heteroatoms. The highest BCUT2D eigenvalue weighted by molar-refractivity contribution is 5.98. The normalized spacial score (nSPS) is 10.9. The third-order valence-corrected chi connectivity index (χ3v) is 4.50. The zero-order valence-electron chi connectivity index (χ0n) is 18.1. The highest BCUT2D eigenvalue weighted by Crippen LogP contribution is 2.32. The minimum atomic E-state index is -4.53. The van der Waals surface area contributed by atoms with Crippen molar-refractivity contribution >= 4 is 29.1 Å². The second-order valence-electron chi connectivity index (χ2n) is 6.79. The third-order valence-electron chi connectivity index (χ3n) is 4.50. The maximum Gasteiger partial charge on any atom is 0.416 e. The van der Waals surface area contributed by atoms with Crippen LogP contribution >= 0.6 is 0 Å². The third kappa shape index (κ3) is 6.15. The highest BCUT2D eigenvalue weighted by atomic mass is 19.4. The number of anilines is 3. The number of esters is 1. The number of alkyl halides is 3. The van der Waals surface area contributed by atoms with E-state index in [1.54, 1.807) is 12.1 Å². The first-order valence-electron chi connectivity index (χ1n) is 9.79. The van der Waals surface area contributed by atoms with Crippen molar-refractivity contribution in [3.8, 4) is 11.5 Å². The lowest BCUT2D eigenvalue weighted by molar-refractivity contribution is -0.137. The van der Waals surface area contributed by atoms with Crippen molar-refractivity contribution in [3.05, 3.63) is 71.9 Å². The fourth-order valence-electron chi connectivity index (χ4n) is 2.89. The molecule has 2 aromatic carbocycles. The van der Waals surface area contributed by atoms with Gasteiger partial charge in [0.1, 0.15) is 22.9 Å². The molecule has 0 atom stereocenters. The molecule has 178 valence electrons. The number of ether oxygens (including phenoxy) is 3. The van der Waals surface area contributed by atoms with Crippen molar-refractivity contribution in [2.75, 3.05) is 31.5 Å². The fraction of sp³-hybridized carbons (Fsp3) is 0.174. The summed E-state index contributed by atoms with van der Waals surface area (Å²) in [6.45, 7) is -0.628. The minimum absolute atomic E-state index is 0.0262. The predicted molar refractivity (Wildman–Crippen MR) is 117 cm³/mol. The number of carbonyl (C=O) groups is 2. The number of hydrogen-bond donors (Lipinski definition) is 2. The number of pyridine rings is 1. The number of nitrogens with one attached hydrogen (secondary N) is 2. The van der Waals surface area contributed by atoms with Gasteiger partial charge in [-0.1, -0.05) is 6.07 Å². The van der Waals surface area contributed by atoms with E-state index in [-0.39, 0.29) is 17.1 Å². The fourth-order valence-corrected chi connectivity index (χ4v) is 2.89. The van der Waals surface area contributed by atoms with E-state index in [1.807, 2.05) is 0 Å². The van der Waals surface area contributed by atoms with Gasteiger partial charge in [0, 0.05) is 18.0 Å². The molecule has 34 heavy (non-hydrogen) atoms. The number of halogens is 3. The average Bonchev–Trinajstić information content (AvgIpc) is 2.82. The first-order valence-corrected chi connectivity index (χ1v) is 9.79. The van der Waals surface area contributed by atoms with Gasteiger partial charge >= 0.3 is 12.1 Å². The standard InChI is InChI=1S/C23H20F3N3O5/c1-32-16-8-9-19(33-2)18(12-16)29-20(30)13-34-22(31)17-7-4-10-27-21(17)28-15-6-3-5-14(11-15)23(24,25)26/h3-12H,13H2,1-2H3,(H,27,28)(H,29,30). The monoisotopic (exact) mass is 475 g/mol. The van der Waals surface area contributed by atoms with E-state index in [4.69, 9.17) is 14.2 Å². The number of hydrogen-bond acceptors (Lipinski definition) is 7. The van der Waals surface area contributed by atoms with Crippen LogP contribution in [0.3, 0.4) is 0 Å². The summed E-state index contributed by atoms with van der Waals surface area (Å²) in [5.74, 6) is -0.706. The van der Waals surface area contributed by atoms with Crippen LogP contribution in [0.25, 0.3) is 0 Å². The summed E-state index contributed by atoms with van der Waals surface area (Å²) in [4.78, 5) is 28.9. The minimum Gasteiger partial charge on any atom is -0.497 e. The van der Waals surface area contributed by atoms with Gasteiger partial charge in [-0.2, -0.15) is 13.2 Å². The SMILES string of the molecule is COc1ccc(OC)c(NC(=O)COC(=O)c2cccnc2Nc2cccc(C(F)(F)F)c2)c1. The van der Waals surface area contributed by atoms with Crippen LogP contribution in [-0.4, -0.2) is 37.7 Å². The quantitative estimate of drug-likeness (QED) is 0.458. The predicted octanol–water partition coefficient (Wildman–Crippen LogP) is 4.66. The molecule has 0 aliphatic rings. The number of methoxy groups -OCH3 is 2. The molecule has 0 saturated carbocycles. The van der Waals surface area contributed by atoms with Crippen molar-refractivity contribution in [1.29, 1.82) is 0 Å². The molecule has 0 bridgehead atoms. The van der Waals surface area contributed by atoms with E-state index in [0.29, 0.717) is 17.2 Å². The molecule has 0 unspecified atom stereocenters. The van der Waals surface area contributed by atoms with Gasteiger partial charge in [-0.3, -0.25) is 4.79 Å². The lowest BCUT2D eigenvalue weighted by atomic mass is 10.2. The van der Waals surface area contributed by atoms with Crippen LogP contribution in [0.1, 0.15) is 15.9 Å². The molecule has 1 amide bonds. The van der Waals surface area contributed by atoms with Gasteiger partial charge in [0.15, 0.2) is 6.61 Å². The van der Waals surface area contributed by atoms with Crippen LogP contribution in [-0.2, 0) is 15.7 Å². The number of carbonyl (C=O) groups excluding carboxylic acids is 2. The lowest BCUT2D eigenvalue weighted by Crippen LogP contribution is -2.21. The van der Waals surface area contributed by atoms with Gasteiger partial charge in [0.25, 0.3) is 5.91 Å². The van der Waals surface area contributed by atoms with Crippen molar-refractivity contribution in [2.45, 2.75) is 6.18 Å². The van der Waals surface area contributed by atoms with Crippen molar-refractivity contribution in [2.24, 2.45) is 0 Å². The van der Waals surface area contributed by atoms with Crippen LogP contribution in [0.5, 0.6) is 11.5 Å². The first kappa shape index (κ1) is 24.4. The zero-order chi connectivity index (χ0) is 24.7.